The van der Waals surface area contributed by atoms with Crippen LogP contribution >= 0.6 is 0 Å². The number of hydrogen-bond donors (Lipinski definition) is 1. The number of aryl methyl sites for hydroxylation is 2. The van der Waals surface area contributed by atoms with E-state index < -0.39 is 11.7 Å². The number of nitrogens with one attached hydrogen (secondary N) is 1. The molecule has 3 nitrogen and oxygen atoms in total. The highest BCUT2D eigenvalue weighted by Gasteiger charge is 2.29. The van der Waals surface area contributed by atoms with Gasteiger partial charge in [0.1, 0.15) is 5.82 Å². The Hall–Kier alpha value is -2.60. The summed E-state index contributed by atoms with van der Waals surface area (Å²) >= 11 is 0. The van der Waals surface area contributed by atoms with Crippen molar-refractivity contribution < 1.29 is 13.2 Å². The highest BCUT2D eigenvalue weighted by Crippen LogP contribution is 2.31. The molecule has 1 aromatic heterocycles. The van der Waals surface area contributed by atoms with Gasteiger partial charge in [-0.2, -0.15) is 13.2 Å². The van der Waals surface area contributed by atoms with Gasteiger partial charge in [0.05, 0.1) is 5.56 Å². The maximum absolute atomic E-state index is 12.6. The van der Waals surface area contributed by atoms with Crippen LogP contribution < -0.4 is 5.32 Å². The molecule has 0 aliphatic rings. The zero-order valence-corrected chi connectivity index (χ0v) is 15.1. The van der Waals surface area contributed by atoms with Crippen LogP contribution in [0.3, 0.4) is 0 Å². The van der Waals surface area contributed by atoms with Gasteiger partial charge in [0.2, 0.25) is 0 Å². The Morgan fingerprint density at radius 1 is 0.963 bits per heavy atom. The molecule has 0 saturated carbocycles. The third kappa shape index (κ3) is 5.20. The molecule has 0 radical (unpaired) electrons. The topological polar surface area (TPSA) is 29.9 Å². The van der Waals surface area contributed by atoms with Crippen LogP contribution in [0.1, 0.15) is 23.4 Å². The SMILES string of the molecule is Cn1ccnc1CCCNCc1ccc(-c2ccc(C(F)(F)F)cc2)cc1. The van der Waals surface area contributed by atoms with Crippen molar-refractivity contribution >= 4 is 0 Å². The molecule has 142 valence electrons. The van der Waals surface area contributed by atoms with Crippen molar-refractivity contribution in [2.45, 2.75) is 25.6 Å². The van der Waals surface area contributed by atoms with Crippen molar-refractivity contribution in [2.24, 2.45) is 7.05 Å². The molecule has 0 bridgehead atoms. The molecule has 0 spiro atoms. The quantitative estimate of drug-likeness (QED) is 0.601. The second-order valence-corrected chi connectivity index (χ2v) is 6.51. The van der Waals surface area contributed by atoms with Gasteiger partial charge in [-0.25, -0.2) is 4.98 Å². The Morgan fingerprint density at radius 2 is 1.59 bits per heavy atom. The average Bonchev–Trinajstić information content (AvgIpc) is 3.06. The number of aromatic nitrogens is 2. The van der Waals surface area contributed by atoms with Crippen LogP contribution in [0.2, 0.25) is 0 Å². The summed E-state index contributed by atoms with van der Waals surface area (Å²) in [6, 6.07) is 13.1. The molecule has 6 heteroatoms. The zero-order valence-electron chi connectivity index (χ0n) is 15.1. The maximum atomic E-state index is 12.6. The fourth-order valence-electron chi connectivity index (χ4n) is 2.91. The number of nitrogens with zero attached hydrogens (tertiary/aromatic N) is 2. The smallest absolute Gasteiger partial charge is 0.338 e. The van der Waals surface area contributed by atoms with Crippen LogP contribution in [-0.4, -0.2) is 16.1 Å². The van der Waals surface area contributed by atoms with Crippen LogP contribution in [0.25, 0.3) is 11.1 Å². The van der Waals surface area contributed by atoms with Crippen LogP contribution in [0, 0.1) is 0 Å². The first-order chi connectivity index (χ1) is 12.9. The fraction of sp³-hybridized carbons (Fsp3) is 0.286. The van der Waals surface area contributed by atoms with E-state index >= 15 is 0 Å². The first-order valence-corrected chi connectivity index (χ1v) is 8.87. The number of halogens is 3. The Balaban J connectivity index is 1.48. The minimum absolute atomic E-state index is 0.627. The Labute approximate surface area is 156 Å². The molecule has 0 fully saturated rings. The number of imidazole rings is 1. The first-order valence-electron chi connectivity index (χ1n) is 8.87. The second kappa shape index (κ2) is 8.39. The number of alkyl halides is 3. The molecule has 0 amide bonds. The molecule has 0 aliphatic carbocycles. The van der Waals surface area contributed by atoms with E-state index in [2.05, 4.69) is 10.3 Å². The van der Waals surface area contributed by atoms with Gasteiger partial charge in [-0.15, -0.1) is 0 Å². The van der Waals surface area contributed by atoms with E-state index in [0.29, 0.717) is 0 Å². The van der Waals surface area contributed by atoms with E-state index in [0.717, 1.165) is 60.6 Å². The van der Waals surface area contributed by atoms with Crippen molar-refractivity contribution in [3.63, 3.8) is 0 Å². The van der Waals surface area contributed by atoms with Crippen molar-refractivity contribution in [3.05, 3.63) is 77.9 Å². The van der Waals surface area contributed by atoms with Gasteiger partial charge >= 0.3 is 6.18 Å². The highest BCUT2D eigenvalue weighted by molar-refractivity contribution is 5.64. The molecule has 1 N–H and O–H groups in total. The summed E-state index contributed by atoms with van der Waals surface area (Å²) in [7, 11) is 1.99. The standard InChI is InChI=1S/C21H22F3N3/c1-27-14-13-26-20(27)3-2-12-25-15-16-4-6-17(7-5-16)18-8-10-19(11-9-18)21(22,23)24/h4-11,13-14,25H,2-3,12,15H2,1H3. The lowest BCUT2D eigenvalue weighted by atomic mass is 10.0. The third-order valence-electron chi connectivity index (χ3n) is 4.50. The molecule has 2 aromatic carbocycles. The molecular weight excluding hydrogens is 351 g/mol. The summed E-state index contributed by atoms with van der Waals surface area (Å²) in [6.07, 6.45) is 1.39. The van der Waals surface area contributed by atoms with Gasteiger partial charge in [-0.3, -0.25) is 0 Å². The van der Waals surface area contributed by atoms with Crippen LogP contribution in [-0.2, 0) is 26.2 Å². The lowest BCUT2D eigenvalue weighted by molar-refractivity contribution is -0.137. The molecule has 0 saturated heterocycles. The number of benzene rings is 2. The van der Waals surface area contributed by atoms with Crippen molar-refractivity contribution in [3.8, 4) is 11.1 Å². The van der Waals surface area contributed by atoms with Gasteiger partial charge in [0, 0.05) is 32.4 Å². The molecule has 0 aliphatic heterocycles. The number of rotatable bonds is 7. The normalized spacial score (nSPS) is 11.7. The van der Waals surface area contributed by atoms with Gasteiger partial charge in [-0.05, 0) is 41.8 Å². The summed E-state index contributed by atoms with van der Waals surface area (Å²) in [4.78, 5) is 4.30. The fourth-order valence-corrected chi connectivity index (χ4v) is 2.91. The summed E-state index contributed by atoms with van der Waals surface area (Å²) < 4.78 is 39.9. The first kappa shape index (κ1) is 19.2. The summed E-state index contributed by atoms with van der Waals surface area (Å²) in [6.45, 7) is 1.65. The van der Waals surface area contributed by atoms with E-state index in [-0.39, 0.29) is 0 Å². The van der Waals surface area contributed by atoms with Crippen molar-refractivity contribution in [1.82, 2.24) is 14.9 Å². The predicted octanol–water partition coefficient (Wildman–Crippen LogP) is 4.83. The monoisotopic (exact) mass is 373 g/mol. The molecule has 0 unspecified atom stereocenters. The van der Waals surface area contributed by atoms with Crippen LogP contribution in [0.15, 0.2) is 60.9 Å². The Bertz CT molecular complexity index is 850. The summed E-state index contributed by atoms with van der Waals surface area (Å²) in [5.41, 5.74) is 2.19. The van der Waals surface area contributed by atoms with Crippen molar-refractivity contribution in [2.75, 3.05) is 6.54 Å². The van der Waals surface area contributed by atoms with Crippen LogP contribution in [0.4, 0.5) is 13.2 Å². The van der Waals surface area contributed by atoms with E-state index in [9.17, 15) is 13.2 Å². The highest BCUT2D eigenvalue weighted by atomic mass is 19.4. The zero-order chi connectivity index (χ0) is 19.3. The van der Waals surface area contributed by atoms with E-state index in [1.807, 2.05) is 42.1 Å². The second-order valence-electron chi connectivity index (χ2n) is 6.51. The lowest BCUT2D eigenvalue weighted by Crippen LogP contribution is -2.15. The van der Waals surface area contributed by atoms with E-state index in [1.165, 1.54) is 12.1 Å². The van der Waals surface area contributed by atoms with Gasteiger partial charge in [0.25, 0.3) is 0 Å². The maximum Gasteiger partial charge on any atom is 0.416 e. The minimum atomic E-state index is -4.30. The van der Waals surface area contributed by atoms with Gasteiger partial charge < -0.3 is 9.88 Å². The Morgan fingerprint density at radius 3 is 2.15 bits per heavy atom. The van der Waals surface area contributed by atoms with Crippen molar-refractivity contribution in [1.29, 1.82) is 0 Å². The van der Waals surface area contributed by atoms with Gasteiger partial charge in [0.15, 0.2) is 0 Å². The summed E-state index contributed by atoms with van der Waals surface area (Å²) in [5, 5.41) is 3.40. The molecule has 0 atom stereocenters. The summed E-state index contributed by atoms with van der Waals surface area (Å²) in [5.74, 6) is 1.08. The third-order valence-corrected chi connectivity index (χ3v) is 4.50. The minimum Gasteiger partial charge on any atom is -0.338 e. The largest absolute Gasteiger partial charge is 0.416 e. The molecule has 27 heavy (non-hydrogen) atoms. The predicted molar refractivity (Wildman–Crippen MR) is 100 cm³/mol. The number of hydrogen-bond acceptors (Lipinski definition) is 2. The van der Waals surface area contributed by atoms with E-state index in [4.69, 9.17) is 0 Å². The van der Waals surface area contributed by atoms with Gasteiger partial charge in [-0.1, -0.05) is 36.4 Å². The molecular formula is C21H22F3N3. The lowest BCUT2D eigenvalue weighted by Gasteiger charge is -2.09. The van der Waals surface area contributed by atoms with Crippen LogP contribution in [0.5, 0.6) is 0 Å². The molecule has 3 aromatic rings. The van der Waals surface area contributed by atoms with E-state index in [1.54, 1.807) is 6.20 Å². The molecule has 1 heterocycles. The molecule has 3 rings (SSSR count). The Kier molecular flexibility index (Phi) is 5.96. The average molecular weight is 373 g/mol.